The molecule has 2 bridgehead atoms. The molecule has 2 aliphatic rings. The highest BCUT2D eigenvalue weighted by molar-refractivity contribution is 9.10. The topological polar surface area (TPSA) is 12.0 Å². The molecule has 2 fully saturated rings. The molecule has 0 aromatic heterocycles. The zero-order valence-electron chi connectivity index (χ0n) is 9.76. The molecule has 2 atom stereocenters. The summed E-state index contributed by atoms with van der Waals surface area (Å²) in [5, 5.41) is 3.49. The normalized spacial score (nSPS) is 36.1. The van der Waals surface area contributed by atoms with Crippen molar-refractivity contribution in [2.75, 3.05) is 0 Å². The maximum absolute atomic E-state index is 14.8. The zero-order valence-corrected chi connectivity index (χ0v) is 11.3. The Kier molecular flexibility index (Phi) is 2.99. The molecule has 2 unspecified atom stereocenters. The predicted octanol–water partition coefficient (Wildman–Crippen LogP) is 3.61. The molecule has 1 aromatic rings. The number of hydrogen-bond donors (Lipinski definition) is 1. The van der Waals surface area contributed by atoms with Crippen LogP contribution in [-0.2, 0) is 6.42 Å². The highest BCUT2D eigenvalue weighted by atomic mass is 79.9. The lowest BCUT2D eigenvalue weighted by atomic mass is 9.84. The molecule has 2 saturated heterocycles. The minimum Gasteiger partial charge on any atom is -0.311 e. The van der Waals surface area contributed by atoms with Crippen LogP contribution in [-0.4, -0.2) is 17.8 Å². The second-order valence-electron chi connectivity index (χ2n) is 5.50. The van der Waals surface area contributed by atoms with E-state index in [0.717, 1.165) is 22.9 Å². The van der Waals surface area contributed by atoms with Gasteiger partial charge in [0.25, 0.3) is 0 Å². The number of nitrogens with one attached hydrogen (secondary N) is 1. The molecule has 3 rings (SSSR count). The molecule has 1 nitrogen and oxygen atoms in total. The smallest absolute Gasteiger partial charge is 0.118 e. The van der Waals surface area contributed by atoms with Gasteiger partial charge in [0, 0.05) is 23.0 Å². The molecular weight excluding hydrogens is 281 g/mol. The van der Waals surface area contributed by atoms with E-state index in [1.807, 2.05) is 24.3 Å². The van der Waals surface area contributed by atoms with Crippen LogP contribution in [0, 0.1) is 0 Å². The van der Waals surface area contributed by atoms with E-state index in [1.54, 1.807) is 0 Å². The lowest BCUT2D eigenvalue weighted by molar-refractivity contribution is 0.0894. The van der Waals surface area contributed by atoms with Crippen molar-refractivity contribution in [2.24, 2.45) is 0 Å². The SMILES string of the molecule is FC1(Cc2ccc(Br)cc2)CC2CCC(C1)N2. The highest BCUT2D eigenvalue weighted by Gasteiger charge is 2.43. The standard InChI is InChI=1S/C14H17BrFN/c15-11-3-1-10(2-4-11)7-14(16)8-12-5-6-13(9-14)17-12/h1-4,12-13,17H,5-9H2. The average molecular weight is 298 g/mol. The molecule has 1 aromatic carbocycles. The van der Waals surface area contributed by atoms with Crippen molar-refractivity contribution in [1.82, 2.24) is 5.32 Å². The fourth-order valence-electron chi connectivity index (χ4n) is 3.30. The third kappa shape index (κ3) is 2.55. The molecule has 92 valence electrons. The van der Waals surface area contributed by atoms with Gasteiger partial charge in [0.05, 0.1) is 0 Å². The first-order valence-electron chi connectivity index (χ1n) is 6.32. The van der Waals surface area contributed by atoms with E-state index in [1.165, 1.54) is 0 Å². The zero-order chi connectivity index (χ0) is 11.9. The Morgan fingerprint density at radius 1 is 1.18 bits per heavy atom. The lowest BCUT2D eigenvalue weighted by Crippen LogP contribution is -2.47. The van der Waals surface area contributed by atoms with Crippen LogP contribution in [0.2, 0.25) is 0 Å². The van der Waals surface area contributed by atoms with Gasteiger partial charge in [0.2, 0.25) is 0 Å². The third-order valence-corrected chi connectivity index (χ3v) is 4.52. The van der Waals surface area contributed by atoms with Crippen molar-refractivity contribution < 1.29 is 4.39 Å². The summed E-state index contributed by atoms with van der Waals surface area (Å²) < 4.78 is 15.9. The molecule has 0 radical (unpaired) electrons. The van der Waals surface area contributed by atoms with Crippen LogP contribution in [0.15, 0.2) is 28.7 Å². The number of hydrogen-bond acceptors (Lipinski definition) is 1. The predicted molar refractivity (Wildman–Crippen MR) is 70.9 cm³/mol. The van der Waals surface area contributed by atoms with Gasteiger partial charge in [0.1, 0.15) is 5.67 Å². The molecule has 17 heavy (non-hydrogen) atoms. The summed E-state index contributed by atoms with van der Waals surface area (Å²) in [5.74, 6) is 0. The second-order valence-corrected chi connectivity index (χ2v) is 6.42. The van der Waals surface area contributed by atoms with Crippen molar-refractivity contribution in [2.45, 2.75) is 49.9 Å². The summed E-state index contributed by atoms with van der Waals surface area (Å²) in [6.45, 7) is 0. The summed E-state index contributed by atoms with van der Waals surface area (Å²) in [6.07, 6.45) is 4.22. The highest BCUT2D eigenvalue weighted by Crippen LogP contribution is 2.38. The fraction of sp³-hybridized carbons (Fsp3) is 0.571. The van der Waals surface area contributed by atoms with E-state index >= 15 is 0 Å². The van der Waals surface area contributed by atoms with Crippen LogP contribution in [0.1, 0.15) is 31.2 Å². The van der Waals surface area contributed by atoms with Gasteiger partial charge in [-0.15, -0.1) is 0 Å². The monoisotopic (exact) mass is 297 g/mol. The molecule has 2 heterocycles. The van der Waals surface area contributed by atoms with Gasteiger partial charge in [0.15, 0.2) is 0 Å². The van der Waals surface area contributed by atoms with Crippen molar-refractivity contribution in [1.29, 1.82) is 0 Å². The summed E-state index contributed by atoms with van der Waals surface area (Å²) in [4.78, 5) is 0. The first kappa shape index (κ1) is 11.7. The van der Waals surface area contributed by atoms with Crippen LogP contribution in [0.25, 0.3) is 0 Å². The molecule has 0 saturated carbocycles. The van der Waals surface area contributed by atoms with Gasteiger partial charge in [-0.25, -0.2) is 4.39 Å². The van der Waals surface area contributed by atoms with Crippen molar-refractivity contribution in [3.8, 4) is 0 Å². The van der Waals surface area contributed by atoms with E-state index in [9.17, 15) is 4.39 Å². The van der Waals surface area contributed by atoms with Gasteiger partial charge in [-0.05, 0) is 43.4 Å². The first-order chi connectivity index (χ1) is 8.13. The van der Waals surface area contributed by atoms with Gasteiger partial charge in [-0.1, -0.05) is 28.1 Å². The fourth-order valence-corrected chi connectivity index (χ4v) is 3.57. The first-order valence-corrected chi connectivity index (χ1v) is 7.12. The molecule has 0 spiro atoms. The van der Waals surface area contributed by atoms with E-state index in [4.69, 9.17) is 0 Å². The second kappa shape index (κ2) is 4.36. The Hall–Kier alpha value is -0.410. The Labute approximate surface area is 110 Å². The van der Waals surface area contributed by atoms with Crippen LogP contribution in [0.4, 0.5) is 4.39 Å². The largest absolute Gasteiger partial charge is 0.311 e. The van der Waals surface area contributed by atoms with Crippen molar-refractivity contribution in [3.63, 3.8) is 0 Å². The molecule has 0 amide bonds. The summed E-state index contributed by atoms with van der Waals surface area (Å²) in [5.41, 5.74) is 0.113. The number of alkyl halides is 1. The molecule has 1 N–H and O–H groups in total. The van der Waals surface area contributed by atoms with Crippen LogP contribution >= 0.6 is 15.9 Å². The van der Waals surface area contributed by atoms with E-state index in [-0.39, 0.29) is 0 Å². The van der Waals surface area contributed by atoms with Crippen LogP contribution in [0.5, 0.6) is 0 Å². The number of benzene rings is 1. The quantitative estimate of drug-likeness (QED) is 0.879. The van der Waals surface area contributed by atoms with Gasteiger partial charge in [-0.2, -0.15) is 0 Å². The minimum absolute atomic E-state index is 0.411. The van der Waals surface area contributed by atoms with E-state index in [2.05, 4.69) is 21.2 Å². The number of halogens is 2. The molecule has 0 aliphatic carbocycles. The minimum atomic E-state index is -0.995. The van der Waals surface area contributed by atoms with Gasteiger partial charge >= 0.3 is 0 Å². The summed E-state index contributed by atoms with van der Waals surface area (Å²) in [6, 6.07) is 8.86. The van der Waals surface area contributed by atoms with Gasteiger partial charge < -0.3 is 5.32 Å². The van der Waals surface area contributed by atoms with Crippen LogP contribution < -0.4 is 5.32 Å². The molecule has 2 aliphatic heterocycles. The van der Waals surface area contributed by atoms with Gasteiger partial charge in [-0.3, -0.25) is 0 Å². The van der Waals surface area contributed by atoms with Crippen LogP contribution in [0.3, 0.4) is 0 Å². The van der Waals surface area contributed by atoms with Crippen molar-refractivity contribution in [3.05, 3.63) is 34.3 Å². The Morgan fingerprint density at radius 3 is 2.35 bits per heavy atom. The van der Waals surface area contributed by atoms with Crippen molar-refractivity contribution >= 4 is 15.9 Å². The Morgan fingerprint density at radius 2 is 1.76 bits per heavy atom. The average Bonchev–Trinajstić information content (AvgIpc) is 2.62. The number of piperidine rings is 1. The van der Waals surface area contributed by atoms with E-state index < -0.39 is 5.67 Å². The van der Waals surface area contributed by atoms with E-state index in [0.29, 0.717) is 31.3 Å². The molecule has 3 heteroatoms. The maximum atomic E-state index is 14.8. The summed E-state index contributed by atoms with van der Waals surface area (Å²) >= 11 is 3.41. The number of fused-ring (bicyclic) bond motifs is 2. The maximum Gasteiger partial charge on any atom is 0.118 e. The lowest BCUT2D eigenvalue weighted by Gasteiger charge is -2.35. The number of rotatable bonds is 2. The Balaban J connectivity index is 1.73. The Bertz CT molecular complexity index is 391. The third-order valence-electron chi connectivity index (χ3n) is 3.99. The summed E-state index contributed by atoms with van der Waals surface area (Å²) in [7, 11) is 0. The molecular formula is C14H17BrFN.